The van der Waals surface area contributed by atoms with Crippen LogP contribution in [0.5, 0.6) is 5.88 Å². The fraction of sp³-hybridized carbons (Fsp3) is 0.474. The maximum Gasteiger partial charge on any atom is 0.272 e. The Kier molecular flexibility index (Phi) is 5.00. The van der Waals surface area contributed by atoms with Crippen LogP contribution >= 0.6 is 0 Å². The van der Waals surface area contributed by atoms with Crippen LogP contribution in [0, 0.1) is 0 Å². The lowest BCUT2D eigenvalue weighted by molar-refractivity contribution is 0.0752. The molecule has 2 aromatic rings. The smallest absolute Gasteiger partial charge is 0.272 e. The molecule has 0 saturated carbocycles. The number of benzene rings is 1. The number of amides is 1. The third kappa shape index (κ3) is 3.36. The molecule has 1 aromatic heterocycles. The Morgan fingerprint density at radius 1 is 1.17 bits per heavy atom. The Morgan fingerprint density at radius 3 is 2.71 bits per heavy atom. The van der Waals surface area contributed by atoms with E-state index < -0.39 is 0 Å². The first-order chi connectivity index (χ1) is 11.6. The second-order valence-corrected chi connectivity index (χ2v) is 6.51. The molecule has 5 heteroatoms. The van der Waals surface area contributed by atoms with Gasteiger partial charge in [0.15, 0.2) is 0 Å². The summed E-state index contributed by atoms with van der Waals surface area (Å²) < 4.78 is 5.39. The average molecular weight is 327 g/mol. The van der Waals surface area contributed by atoms with Gasteiger partial charge in [0.1, 0.15) is 5.69 Å². The van der Waals surface area contributed by atoms with Crippen molar-refractivity contribution in [3.63, 3.8) is 0 Å². The highest BCUT2D eigenvalue weighted by Gasteiger charge is 2.23. The van der Waals surface area contributed by atoms with E-state index in [1.165, 1.54) is 0 Å². The number of rotatable bonds is 3. The van der Waals surface area contributed by atoms with Crippen LogP contribution in [-0.4, -0.2) is 60.0 Å². The van der Waals surface area contributed by atoms with Crippen LogP contribution in [-0.2, 0) is 0 Å². The molecule has 0 aliphatic carbocycles. The summed E-state index contributed by atoms with van der Waals surface area (Å²) in [6, 6.07) is 10.2. The van der Waals surface area contributed by atoms with Crippen molar-refractivity contribution in [1.29, 1.82) is 0 Å². The number of pyridine rings is 1. The van der Waals surface area contributed by atoms with Crippen LogP contribution in [0.4, 0.5) is 0 Å². The van der Waals surface area contributed by atoms with E-state index in [0.717, 1.165) is 43.4 Å². The maximum atomic E-state index is 12.9. The zero-order valence-corrected chi connectivity index (χ0v) is 14.7. The van der Waals surface area contributed by atoms with Gasteiger partial charge in [-0.05, 0) is 37.8 Å². The molecule has 1 aliphatic heterocycles. The van der Waals surface area contributed by atoms with Crippen molar-refractivity contribution in [3.05, 3.63) is 36.0 Å². The standard InChI is InChI=1S/C19H25N3O2/c1-14(2)21-9-6-10-22(12-11-21)19(23)17-13-15-7-4-5-8-16(15)18(20-17)24-3/h4-5,7-8,13-14H,6,9-12H2,1-3H3. The molecule has 3 rings (SSSR count). The highest BCUT2D eigenvalue weighted by Crippen LogP contribution is 2.25. The minimum Gasteiger partial charge on any atom is -0.481 e. The summed E-state index contributed by atoms with van der Waals surface area (Å²) in [5.41, 5.74) is 0.462. The van der Waals surface area contributed by atoms with E-state index in [9.17, 15) is 4.79 Å². The SMILES string of the molecule is COc1nc(C(=O)N2CCCN(C(C)C)CC2)cc2ccccc12. The van der Waals surface area contributed by atoms with Crippen LogP contribution < -0.4 is 4.74 Å². The average Bonchev–Trinajstić information content (AvgIpc) is 2.86. The fourth-order valence-electron chi connectivity index (χ4n) is 3.25. The van der Waals surface area contributed by atoms with Gasteiger partial charge in [-0.25, -0.2) is 4.98 Å². The lowest BCUT2D eigenvalue weighted by Gasteiger charge is -2.24. The molecule has 24 heavy (non-hydrogen) atoms. The number of carbonyl (C=O) groups excluding carboxylic acids is 1. The second-order valence-electron chi connectivity index (χ2n) is 6.51. The van der Waals surface area contributed by atoms with Crippen molar-refractivity contribution in [2.45, 2.75) is 26.3 Å². The molecule has 1 fully saturated rings. The van der Waals surface area contributed by atoms with Crippen molar-refractivity contribution in [3.8, 4) is 5.88 Å². The van der Waals surface area contributed by atoms with Crippen LogP contribution in [0.25, 0.3) is 10.8 Å². The first kappa shape index (κ1) is 16.7. The van der Waals surface area contributed by atoms with E-state index in [2.05, 4.69) is 23.7 Å². The van der Waals surface area contributed by atoms with Crippen LogP contribution in [0.1, 0.15) is 30.8 Å². The van der Waals surface area contributed by atoms with Gasteiger partial charge in [0.25, 0.3) is 5.91 Å². The Hall–Kier alpha value is -2.14. The lowest BCUT2D eigenvalue weighted by atomic mass is 10.1. The lowest BCUT2D eigenvalue weighted by Crippen LogP contribution is -2.37. The molecule has 0 atom stereocenters. The molecular formula is C19H25N3O2. The zero-order valence-electron chi connectivity index (χ0n) is 14.7. The van der Waals surface area contributed by atoms with E-state index in [1.807, 2.05) is 35.2 Å². The van der Waals surface area contributed by atoms with Gasteiger partial charge in [-0.1, -0.05) is 18.2 Å². The fourth-order valence-corrected chi connectivity index (χ4v) is 3.25. The van der Waals surface area contributed by atoms with Gasteiger partial charge in [0.2, 0.25) is 5.88 Å². The van der Waals surface area contributed by atoms with Crippen LogP contribution in [0.15, 0.2) is 30.3 Å². The van der Waals surface area contributed by atoms with E-state index in [-0.39, 0.29) is 5.91 Å². The normalized spacial score (nSPS) is 16.4. The number of carbonyl (C=O) groups is 1. The summed E-state index contributed by atoms with van der Waals surface area (Å²) in [6.45, 7) is 7.87. The number of hydrogen-bond acceptors (Lipinski definition) is 4. The number of aromatic nitrogens is 1. The molecule has 1 amide bonds. The maximum absolute atomic E-state index is 12.9. The first-order valence-corrected chi connectivity index (χ1v) is 8.57. The Balaban J connectivity index is 1.86. The highest BCUT2D eigenvalue weighted by atomic mass is 16.5. The van der Waals surface area contributed by atoms with Crippen molar-refractivity contribution >= 4 is 16.7 Å². The van der Waals surface area contributed by atoms with E-state index in [0.29, 0.717) is 17.6 Å². The van der Waals surface area contributed by atoms with E-state index >= 15 is 0 Å². The molecule has 1 aliphatic rings. The molecule has 2 heterocycles. The molecule has 1 saturated heterocycles. The van der Waals surface area contributed by atoms with Gasteiger partial charge in [-0.2, -0.15) is 0 Å². The molecule has 0 bridgehead atoms. The number of nitrogens with zero attached hydrogens (tertiary/aromatic N) is 3. The minimum absolute atomic E-state index is 0.00957. The third-order valence-corrected chi connectivity index (χ3v) is 4.67. The Labute approximate surface area is 143 Å². The summed E-state index contributed by atoms with van der Waals surface area (Å²) in [7, 11) is 1.59. The summed E-state index contributed by atoms with van der Waals surface area (Å²) >= 11 is 0. The van der Waals surface area contributed by atoms with Gasteiger partial charge in [-0.15, -0.1) is 0 Å². The van der Waals surface area contributed by atoms with Gasteiger partial charge < -0.3 is 9.64 Å². The topological polar surface area (TPSA) is 45.7 Å². The highest BCUT2D eigenvalue weighted by molar-refractivity contribution is 5.98. The zero-order chi connectivity index (χ0) is 17.1. The van der Waals surface area contributed by atoms with Crippen LogP contribution in [0.2, 0.25) is 0 Å². The minimum atomic E-state index is -0.00957. The molecule has 0 unspecified atom stereocenters. The van der Waals surface area contributed by atoms with Gasteiger partial charge in [0.05, 0.1) is 7.11 Å². The summed E-state index contributed by atoms with van der Waals surface area (Å²) in [4.78, 5) is 21.7. The molecular weight excluding hydrogens is 302 g/mol. The molecule has 0 radical (unpaired) electrons. The molecule has 0 N–H and O–H groups in total. The monoisotopic (exact) mass is 327 g/mol. The van der Waals surface area contributed by atoms with E-state index in [1.54, 1.807) is 7.11 Å². The van der Waals surface area contributed by atoms with Gasteiger partial charge >= 0.3 is 0 Å². The summed E-state index contributed by atoms with van der Waals surface area (Å²) in [5.74, 6) is 0.500. The Morgan fingerprint density at radius 2 is 1.96 bits per heavy atom. The van der Waals surface area contributed by atoms with Gasteiger partial charge in [0, 0.05) is 37.6 Å². The first-order valence-electron chi connectivity index (χ1n) is 8.57. The number of methoxy groups -OCH3 is 1. The summed E-state index contributed by atoms with van der Waals surface area (Å²) in [5, 5.41) is 1.91. The van der Waals surface area contributed by atoms with Crippen molar-refractivity contribution < 1.29 is 9.53 Å². The van der Waals surface area contributed by atoms with Crippen LogP contribution in [0.3, 0.4) is 0 Å². The quantitative estimate of drug-likeness (QED) is 0.870. The number of ether oxygens (including phenoxy) is 1. The predicted molar refractivity (Wildman–Crippen MR) is 95.5 cm³/mol. The summed E-state index contributed by atoms with van der Waals surface area (Å²) in [6.07, 6.45) is 0.995. The molecule has 128 valence electrons. The largest absolute Gasteiger partial charge is 0.481 e. The molecule has 5 nitrogen and oxygen atoms in total. The van der Waals surface area contributed by atoms with Crippen molar-refractivity contribution in [1.82, 2.24) is 14.8 Å². The number of fused-ring (bicyclic) bond motifs is 1. The number of hydrogen-bond donors (Lipinski definition) is 0. The predicted octanol–water partition coefficient (Wildman–Crippen LogP) is 2.80. The van der Waals surface area contributed by atoms with Gasteiger partial charge in [-0.3, -0.25) is 9.69 Å². The van der Waals surface area contributed by atoms with Crippen molar-refractivity contribution in [2.24, 2.45) is 0 Å². The van der Waals surface area contributed by atoms with Crippen molar-refractivity contribution in [2.75, 3.05) is 33.3 Å². The third-order valence-electron chi connectivity index (χ3n) is 4.67. The Bertz CT molecular complexity index is 730. The molecule has 0 spiro atoms. The van der Waals surface area contributed by atoms with E-state index in [4.69, 9.17) is 4.74 Å². The molecule has 1 aromatic carbocycles. The second kappa shape index (κ2) is 7.18.